The van der Waals surface area contributed by atoms with Crippen molar-refractivity contribution in [3.63, 3.8) is 0 Å². The van der Waals surface area contributed by atoms with Gasteiger partial charge in [-0.25, -0.2) is 0 Å². The summed E-state index contributed by atoms with van der Waals surface area (Å²) in [6, 6.07) is 0. The van der Waals surface area contributed by atoms with E-state index < -0.39 is 0 Å². The molecule has 0 fully saturated rings. The zero-order valence-electron chi connectivity index (χ0n) is 6.58. The van der Waals surface area contributed by atoms with E-state index in [4.69, 9.17) is 5.73 Å². The first-order chi connectivity index (χ1) is 5.29. The monoisotopic (exact) mass is 152 g/mol. The van der Waals surface area contributed by atoms with Crippen LogP contribution in [0.4, 0.5) is 0 Å². The van der Waals surface area contributed by atoms with Crippen molar-refractivity contribution in [2.75, 3.05) is 6.54 Å². The largest absolute Gasteiger partial charge is 0.326 e. The minimum absolute atomic E-state index is 0.287. The summed E-state index contributed by atoms with van der Waals surface area (Å²) in [6.07, 6.45) is 4.88. The Kier molecular flexibility index (Phi) is 4.94. The van der Waals surface area contributed by atoms with E-state index in [0.29, 0.717) is 11.3 Å². The molecule has 0 aliphatic rings. The number of allylic oxidation sites excluding steroid dienone is 2. The molecule has 0 aliphatic carbocycles. The van der Waals surface area contributed by atoms with Gasteiger partial charge in [0.2, 0.25) is 0 Å². The van der Waals surface area contributed by atoms with Gasteiger partial charge in [-0.1, -0.05) is 18.7 Å². The molecule has 3 nitrogen and oxygen atoms in total. The number of hydrogen-bond donors (Lipinski definition) is 1. The van der Waals surface area contributed by atoms with E-state index in [1.54, 1.807) is 12.2 Å². The third kappa shape index (κ3) is 2.91. The lowest BCUT2D eigenvalue weighted by Gasteiger charge is -1.96. The molecule has 0 atom stereocenters. The van der Waals surface area contributed by atoms with E-state index >= 15 is 0 Å². The number of hydrogen-bond acceptors (Lipinski definition) is 3. The molecule has 0 aromatic carbocycles. The van der Waals surface area contributed by atoms with Gasteiger partial charge in [0, 0.05) is 6.54 Å². The molecule has 0 heterocycles. The van der Waals surface area contributed by atoms with Crippen molar-refractivity contribution >= 4 is 0 Å². The molecule has 0 aromatic heterocycles. The summed E-state index contributed by atoms with van der Waals surface area (Å²) in [7, 11) is 0. The zero-order valence-corrected chi connectivity index (χ0v) is 6.58. The van der Waals surface area contributed by atoms with Crippen LogP contribution in [-0.4, -0.2) is 6.54 Å². The van der Waals surface area contributed by atoms with Gasteiger partial charge in [-0.05, 0) is 23.7 Å². The molecule has 3 heteroatoms. The lowest BCUT2D eigenvalue weighted by Crippen LogP contribution is -2.02. The van der Waals surface area contributed by atoms with E-state index in [2.05, 4.69) is 11.8 Å². The maximum atomic E-state index is 10.2. The van der Waals surface area contributed by atoms with Gasteiger partial charge in [0.25, 0.3) is 0 Å². The molecule has 0 rings (SSSR count). The number of nitrogens with two attached hydrogens (primary N) is 1. The Morgan fingerprint density at radius 2 is 2.36 bits per heavy atom. The molecule has 11 heavy (non-hydrogen) atoms. The molecule has 0 spiro atoms. The summed E-state index contributed by atoms with van der Waals surface area (Å²) in [4.78, 5) is 10.2. The van der Waals surface area contributed by atoms with Crippen LogP contribution in [0, 0.1) is 4.91 Å². The molecule has 0 aliphatic heterocycles. The normalized spacial score (nSPS) is 12.9. The van der Waals surface area contributed by atoms with E-state index in [0.717, 1.165) is 0 Å². The summed E-state index contributed by atoms with van der Waals surface area (Å²) < 4.78 is 0. The van der Waals surface area contributed by atoms with Crippen LogP contribution in [0.15, 0.2) is 41.3 Å². The topological polar surface area (TPSA) is 55.4 Å². The van der Waals surface area contributed by atoms with Crippen molar-refractivity contribution < 1.29 is 0 Å². The van der Waals surface area contributed by atoms with Crippen molar-refractivity contribution in [1.29, 1.82) is 0 Å². The SMILES string of the molecule is C=C/C(CN)=C(\C=C/C)N=O. The van der Waals surface area contributed by atoms with Crippen LogP contribution in [0.5, 0.6) is 0 Å². The predicted molar refractivity (Wildman–Crippen MR) is 46.9 cm³/mol. The van der Waals surface area contributed by atoms with Crippen molar-refractivity contribution in [3.05, 3.63) is 41.0 Å². The zero-order chi connectivity index (χ0) is 8.69. The fourth-order valence-electron chi connectivity index (χ4n) is 0.646. The van der Waals surface area contributed by atoms with Crippen molar-refractivity contribution in [2.24, 2.45) is 10.9 Å². The van der Waals surface area contributed by atoms with Crippen LogP contribution in [0.3, 0.4) is 0 Å². The van der Waals surface area contributed by atoms with E-state index in [1.807, 2.05) is 6.92 Å². The smallest absolute Gasteiger partial charge is 0.112 e. The van der Waals surface area contributed by atoms with Crippen LogP contribution >= 0.6 is 0 Å². The summed E-state index contributed by atoms with van der Waals surface area (Å²) in [5.41, 5.74) is 6.34. The Balaban J connectivity index is 4.75. The average Bonchev–Trinajstić information content (AvgIpc) is 2.05. The third-order valence-corrected chi connectivity index (χ3v) is 1.22. The molecule has 0 radical (unpaired) electrons. The van der Waals surface area contributed by atoms with E-state index in [-0.39, 0.29) is 6.54 Å². The highest BCUT2D eigenvalue weighted by Gasteiger charge is 1.96. The van der Waals surface area contributed by atoms with Gasteiger partial charge < -0.3 is 5.73 Å². The standard InChI is InChI=1S/C8H12N2O/c1-3-5-8(10-11)7(4-2)6-9/h3-5H,2,6,9H2,1H3/b5-3-,8-7-. The van der Waals surface area contributed by atoms with Gasteiger partial charge in [-0.15, -0.1) is 4.91 Å². The second kappa shape index (κ2) is 5.56. The molecule has 0 bridgehead atoms. The Morgan fingerprint density at radius 1 is 1.73 bits per heavy atom. The molecule has 2 N–H and O–H groups in total. The molecule has 0 aromatic rings. The highest BCUT2D eigenvalue weighted by Crippen LogP contribution is 2.06. The molecular formula is C8H12N2O. The lowest BCUT2D eigenvalue weighted by atomic mass is 10.2. The van der Waals surface area contributed by atoms with E-state index in [1.165, 1.54) is 6.08 Å². The Bertz CT molecular complexity index is 204. The van der Waals surface area contributed by atoms with Crippen LogP contribution in [-0.2, 0) is 0 Å². The van der Waals surface area contributed by atoms with Gasteiger partial charge in [0.15, 0.2) is 0 Å². The quantitative estimate of drug-likeness (QED) is 0.492. The summed E-state index contributed by atoms with van der Waals surface area (Å²) in [5.74, 6) is 0. The average molecular weight is 152 g/mol. The fraction of sp³-hybridized carbons (Fsp3) is 0.250. The van der Waals surface area contributed by atoms with Gasteiger partial charge in [-0.2, -0.15) is 0 Å². The van der Waals surface area contributed by atoms with Gasteiger partial charge in [0.05, 0.1) is 0 Å². The molecule has 0 amide bonds. The Labute approximate surface area is 66.3 Å². The lowest BCUT2D eigenvalue weighted by molar-refractivity contribution is 1.14. The molecular weight excluding hydrogens is 140 g/mol. The highest BCUT2D eigenvalue weighted by molar-refractivity contribution is 5.31. The minimum Gasteiger partial charge on any atom is -0.326 e. The number of nitrogens with zero attached hydrogens (tertiary/aromatic N) is 1. The highest BCUT2D eigenvalue weighted by atomic mass is 16.3. The van der Waals surface area contributed by atoms with Crippen molar-refractivity contribution in [3.8, 4) is 0 Å². The summed E-state index contributed by atoms with van der Waals surface area (Å²) in [6.45, 7) is 5.61. The Hall–Kier alpha value is -1.22. The third-order valence-electron chi connectivity index (χ3n) is 1.22. The summed E-state index contributed by atoms with van der Waals surface area (Å²) in [5, 5.41) is 2.81. The molecule has 0 saturated heterocycles. The maximum Gasteiger partial charge on any atom is 0.112 e. The van der Waals surface area contributed by atoms with Gasteiger partial charge >= 0.3 is 0 Å². The molecule has 0 unspecified atom stereocenters. The maximum absolute atomic E-state index is 10.2. The van der Waals surface area contributed by atoms with Crippen molar-refractivity contribution in [2.45, 2.75) is 6.92 Å². The fourth-order valence-corrected chi connectivity index (χ4v) is 0.646. The van der Waals surface area contributed by atoms with Crippen LogP contribution in [0.2, 0.25) is 0 Å². The summed E-state index contributed by atoms with van der Waals surface area (Å²) >= 11 is 0. The second-order valence-electron chi connectivity index (χ2n) is 1.91. The molecule has 60 valence electrons. The first-order valence-electron chi connectivity index (χ1n) is 3.31. The van der Waals surface area contributed by atoms with Crippen molar-refractivity contribution in [1.82, 2.24) is 0 Å². The second-order valence-corrected chi connectivity index (χ2v) is 1.91. The number of rotatable bonds is 4. The Morgan fingerprint density at radius 3 is 2.64 bits per heavy atom. The van der Waals surface area contributed by atoms with E-state index in [9.17, 15) is 4.91 Å². The first-order valence-corrected chi connectivity index (χ1v) is 3.31. The predicted octanol–water partition coefficient (Wildman–Crippen LogP) is 1.73. The van der Waals surface area contributed by atoms with Crippen LogP contribution in [0.25, 0.3) is 0 Å². The first kappa shape index (κ1) is 9.78. The number of nitroso groups, excluding NO2 is 1. The van der Waals surface area contributed by atoms with Gasteiger partial charge in [0.1, 0.15) is 5.70 Å². The minimum atomic E-state index is 0.287. The van der Waals surface area contributed by atoms with Gasteiger partial charge in [-0.3, -0.25) is 0 Å². The van der Waals surface area contributed by atoms with Crippen LogP contribution < -0.4 is 5.73 Å². The van der Waals surface area contributed by atoms with Crippen LogP contribution in [0.1, 0.15) is 6.92 Å². The molecule has 0 saturated carbocycles.